The summed E-state index contributed by atoms with van der Waals surface area (Å²) in [4.78, 5) is 21.6. The van der Waals surface area contributed by atoms with Crippen molar-refractivity contribution in [1.82, 2.24) is 24.9 Å². The van der Waals surface area contributed by atoms with Crippen LogP contribution in [0.4, 0.5) is 4.39 Å². The third kappa shape index (κ3) is 4.33. The molecule has 1 N–H and O–H groups in total. The van der Waals surface area contributed by atoms with E-state index in [9.17, 15) is 9.18 Å². The van der Waals surface area contributed by atoms with E-state index in [-0.39, 0.29) is 17.5 Å². The lowest BCUT2D eigenvalue weighted by atomic mass is 10.4. The Kier molecular flexibility index (Phi) is 5.28. The van der Waals surface area contributed by atoms with Gasteiger partial charge in [0, 0.05) is 22.8 Å². The topological polar surface area (TPSA) is 72.2 Å². The van der Waals surface area contributed by atoms with Crippen LogP contribution in [0.15, 0.2) is 35.2 Å². The highest BCUT2D eigenvalue weighted by Crippen LogP contribution is 2.18. The number of aryl methyl sites for hydroxylation is 2. The number of fused-ring (bicyclic) bond motifs is 1. The van der Waals surface area contributed by atoms with Gasteiger partial charge in [-0.1, -0.05) is 0 Å². The van der Waals surface area contributed by atoms with Gasteiger partial charge in [0.25, 0.3) is 11.7 Å². The van der Waals surface area contributed by atoms with Crippen molar-refractivity contribution in [3.8, 4) is 0 Å². The van der Waals surface area contributed by atoms with E-state index in [0.717, 1.165) is 28.5 Å². The summed E-state index contributed by atoms with van der Waals surface area (Å²) in [5.74, 6) is 0.817. The van der Waals surface area contributed by atoms with Gasteiger partial charge in [-0.3, -0.25) is 4.79 Å². The van der Waals surface area contributed by atoms with Crippen LogP contribution >= 0.6 is 11.8 Å². The Hall–Kier alpha value is -2.48. The third-order valence-electron chi connectivity index (χ3n) is 3.51. The first kappa shape index (κ1) is 17.3. The summed E-state index contributed by atoms with van der Waals surface area (Å²) in [5, 5.41) is 7.01. The molecular formula is C17H18FN5OS. The zero-order valence-corrected chi connectivity index (χ0v) is 14.8. The molecule has 0 bridgehead atoms. The Morgan fingerprint density at radius 3 is 2.76 bits per heavy atom. The van der Waals surface area contributed by atoms with E-state index in [2.05, 4.69) is 20.4 Å². The second kappa shape index (κ2) is 7.60. The van der Waals surface area contributed by atoms with Crippen LogP contribution in [-0.2, 0) is 0 Å². The molecule has 2 heterocycles. The van der Waals surface area contributed by atoms with Gasteiger partial charge in [0.05, 0.1) is 0 Å². The number of thioether (sulfide) groups is 1. The number of halogens is 1. The second-order valence-corrected chi connectivity index (χ2v) is 6.77. The normalized spacial score (nSPS) is 11.0. The lowest BCUT2D eigenvalue weighted by Gasteiger charge is -2.03. The van der Waals surface area contributed by atoms with Crippen LogP contribution in [0.2, 0.25) is 0 Å². The largest absolute Gasteiger partial charge is 0.349 e. The summed E-state index contributed by atoms with van der Waals surface area (Å²) in [7, 11) is 0. The maximum absolute atomic E-state index is 12.8. The summed E-state index contributed by atoms with van der Waals surface area (Å²) >= 11 is 1.62. The quantitative estimate of drug-likeness (QED) is 0.541. The third-order valence-corrected chi connectivity index (χ3v) is 4.61. The molecule has 0 radical (unpaired) electrons. The number of carbonyl (C=O) groups excluding carboxylic acids is 1. The van der Waals surface area contributed by atoms with Crippen molar-refractivity contribution in [2.24, 2.45) is 0 Å². The van der Waals surface area contributed by atoms with Gasteiger partial charge >= 0.3 is 0 Å². The summed E-state index contributed by atoms with van der Waals surface area (Å²) in [6, 6.07) is 8.26. The number of rotatable bonds is 6. The Morgan fingerprint density at radius 1 is 1.24 bits per heavy atom. The molecule has 1 amide bonds. The molecular weight excluding hydrogens is 341 g/mol. The second-order valence-electron chi connectivity index (χ2n) is 5.60. The molecule has 6 nitrogen and oxygen atoms in total. The van der Waals surface area contributed by atoms with Crippen LogP contribution in [0.3, 0.4) is 0 Å². The molecule has 3 rings (SSSR count). The SMILES string of the molecule is Cc1cc(C)n2nc(C(=O)NCCCSc3ccc(F)cc3)nc2n1. The Balaban J connectivity index is 1.49. The van der Waals surface area contributed by atoms with Gasteiger partial charge in [0.2, 0.25) is 5.82 Å². The molecule has 1 aromatic carbocycles. The predicted molar refractivity (Wildman–Crippen MR) is 94.3 cm³/mol. The molecule has 0 spiro atoms. The number of hydrogen-bond acceptors (Lipinski definition) is 5. The highest BCUT2D eigenvalue weighted by molar-refractivity contribution is 7.99. The number of nitrogens with one attached hydrogen (secondary N) is 1. The lowest BCUT2D eigenvalue weighted by Crippen LogP contribution is -2.26. The van der Waals surface area contributed by atoms with E-state index < -0.39 is 0 Å². The van der Waals surface area contributed by atoms with E-state index in [0.29, 0.717) is 12.3 Å². The fourth-order valence-electron chi connectivity index (χ4n) is 2.34. The van der Waals surface area contributed by atoms with Crippen LogP contribution in [0.5, 0.6) is 0 Å². The van der Waals surface area contributed by atoms with Gasteiger partial charge in [-0.25, -0.2) is 13.9 Å². The van der Waals surface area contributed by atoms with E-state index >= 15 is 0 Å². The Bertz CT molecular complexity index is 894. The predicted octanol–water partition coefficient (Wildman–Crippen LogP) is 2.79. The Morgan fingerprint density at radius 2 is 2.00 bits per heavy atom. The molecule has 3 aromatic rings. The summed E-state index contributed by atoms with van der Waals surface area (Å²) in [5.41, 5.74) is 1.71. The van der Waals surface area contributed by atoms with E-state index in [4.69, 9.17) is 0 Å². The molecule has 0 saturated carbocycles. The van der Waals surface area contributed by atoms with Crippen molar-refractivity contribution in [3.05, 3.63) is 53.4 Å². The van der Waals surface area contributed by atoms with E-state index in [1.54, 1.807) is 28.4 Å². The highest BCUT2D eigenvalue weighted by atomic mass is 32.2. The number of aromatic nitrogens is 4. The fourth-order valence-corrected chi connectivity index (χ4v) is 3.19. The number of carbonyl (C=O) groups is 1. The minimum absolute atomic E-state index is 0.118. The number of benzene rings is 1. The summed E-state index contributed by atoms with van der Waals surface area (Å²) in [6.07, 6.45) is 0.789. The summed E-state index contributed by atoms with van der Waals surface area (Å²) in [6.45, 7) is 4.29. The number of hydrogen-bond donors (Lipinski definition) is 1. The highest BCUT2D eigenvalue weighted by Gasteiger charge is 2.14. The maximum atomic E-state index is 12.8. The first-order valence-electron chi connectivity index (χ1n) is 7.90. The molecule has 0 aliphatic carbocycles. The minimum atomic E-state index is -0.311. The lowest BCUT2D eigenvalue weighted by molar-refractivity contribution is 0.0943. The van der Waals surface area contributed by atoms with Crippen molar-refractivity contribution >= 4 is 23.4 Å². The van der Waals surface area contributed by atoms with Gasteiger partial charge in [-0.2, -0.15) is 4.98 Å². The summed E-state index contributed by atoms with van der Waals surface area (Å²) < 4.78 is 14.4. The van der Waals surface area contributed by atoms with Crippen LogP contribution in [0.1, 0.15) is 28.4 Å². The average molecular weight is 359 g/mol. The fraction of sp³-hybridized carbons (Fsp3) is 0.294. The van der Waals surface area contributed by atoms with Crippen LogP contribution < -0.4 is 5.32 Å². The van der Waals surface area contributed by atoms with Crippen molar-refractivity contribution in [3.63, 3.8) is 0 Å². The maximum Gasteiger partial charge on any atom is 0.291 e. The molecule has 0 aliphatic heterocycles. The number of nitrogens with zero attached hydrogens (tertiary/aromatic N) is 4. The number of amides is 1. The molecule has 0 aliphatic rings. The molecule has 25 heavy (non-hydrogen) atoms. The van der Waals surface area contributed by atoms with Crippen LogP contribution in [-0.4, -0.2) is 37.8 Å². The van der Waals surface area contributed by atoms with Gasteiger partial charge in [0.15, 0.2) is 0 Å². The first-order valence-corrected chi connectivity index (χ1v) is 8.89. The van der Waals surface area contributed by atoms with Crippen molar-refractivity contribution in [1.29, 1.82) is 0 Å². The molecule has 0 atom stereocenters. The zero-order chi connectivity index (χ0) is 17.8. The average Bonchev–Trinajstić information content (AvgIpc) is 3.00. The van der Waals surface area contributed by atoms with Crippen molar-refractivity contribution in [2.45, 2.75) is 25.2 Å². The van der Waals surface area contributed by atoms with Crippen LogP contribution in [0, 0.1) is 19.7 Å². The standard InChI is InChI=1S/C17H18FN5OS/c1-11-10-12(2)23-17(20-11)21-15(22-23)16(24)19-8-3-9-25-14-6-4-13(18)5-7-14/h4-7,10H,3,8-9H2,1-2H3,(H,19,24). The smallest absolute Gasteiger partial charge is 0.291 e. The molecule has 2 aromatic heterocycles. The monoisotopic (exact) mass is 359 g/mol. The Labute approximate surface area is 148 Å². The van der Waals surface area contributed by atoms with E-state index in [1.165, 1.54) is 12.1 Å². The molecule has 0 saturated heterocycles. The van der Waals surface area contributed by atoms with E-state index in [1.807, 2.05) is 19.9 Å². The van der Waals surface area contributed by atoms with Gasteiger partial charge in [0.1, 0.15) is 5.82 Å². The molecule has 0 fully saturated rings. The molecule has 8 heteroatoms. The van der Waals surface area contributed by atoms with Gasteiger partial charge in [-0.05, 0) is 56.4 Å². The molecule has 0 unspecified atom stereocenters. The van der Waals surface area contributed by atoms with Crippen molar-refractivity contribution < 1.29 is 9.18 Å². The van der Waals surface area contributed by atoms with Gasteiger partial charge < -0.3 is 5.32 Å². The van der Waals surface area contributed by atoms with Crippen molar-refractivity contribution in [2.75, 3.05) is 12.3 Å². The molecule has 130 valence electrons. The first-order chi connectivity index (χ1) is 12.0. The van der Waals surface area contributed by atoms with Crippen LogP contribution in [0.25, 0.3) is 5.78 Å². The zero-order valence-electron chi connectivity index (χ0n) is 14.0. The minimum Gasteiger partial charge on any atom is -0.349 e. The van der Waals surface area contributed by atoms with Gasteiger partial charge in [-0.15, -0.1) is 16.9 Å².